The van der Waals surface area contributed by atoms with Gasteiger partial charge in [0.2, 0.25) is 11.9 Å². The SMILES string of the molecule is CCOC(=O)CCCNC(=O)CSc1nnc(N2CCC(C)CC2)n1CC1CCCO1. The van der Waals surface area contributed by atoms with Crippen molar-refractivity contribution in [2.75, 3.05) is 43.5 Å². The van der Waals surface area contributed by atoms with Crippen molar-refractivity contribution in [1.82, 2.24) is 20.1 Å². The average molecular weight is 454 g/mol. The van der Waals surface area contributed by atoms with Gasteiger partial charge in [0.25, 0.3) is 0 Å². The van der Waals surface area contributed by atoms with Crippen LogP contribution in [0.4, 0.5) is 5.95 Å². The number of carbonyl (C=O) groups excluding carboxylic acids is 2. The first-order valence-electron chi connectivity index (χ1n) is 11.4. The van der Waals surface area contributed by atoms with E-state index in [-0.39, 0.29) is 23.7 Å². The zero-order chi connectivity index (χ0) is 22.1. The van der Waals surface area contributed by atoms with E-state index in [2.05, 4.69) is 31.9 Å². The molecular weight excluding hydrogens is 418 g/mol. The molecule has 0 bridgehead atoms. The van der Waals surface area contributed by atoms with Gasteiger partial charge in [-0.3, -0.25) is 14.2 Å². The predicted molar refractivity (Wildman–Crippen MR) is 119 cm³/mol. The maximum absolute atomic E-state index is 12.2. The van der Waals surface area contributed by atoms with Crippen molar-refractivity contribution in [3.8, 4) is 0 Å². The van der Waals surface area contributed by atoms with Gasteiger partial charge in [-0.1, -0.05) is 18.7 Å². The molecule has 2 fully saturated rings. The van der Waals surface area contributed by atoms with Gasteiger partial charge in [-0.25, -0.2) is 0 Å². The number of nitrogens with one attached hydrogen (secondary N) is 1. The van der Waals surface area contributed by atoms with Crippen molar-refractivity contribution in [2.45, 2.75) is 70.2 Å². The second-order valence-corrected chi connectivity index (χ2v) is 9.19. The Kier molecular flexibility index (Phi) is 9.45. The van der Waals surface area contributed by atoms with Crippen molar-refractivity contribution in [3.05, 3.63) is 0 Å². The second-order valence-electron chi connectivity index (χ2n) is 8.24. The lowest BCUT2D eigenvalue weighted by Gasteiger charge is -2.31. The summed E-state index contributed by atoms with van der Waals surface area (Å²) < 4.78 is 12.9. The third kappa shape index (κ3) is 7.38. The first kappa shape index (κ1) is 23.8. The number of thioether (sulfide) groups is 1. The molecule has 1 N–H and O–H groups in total. The number of ether oxygens (including phenoxy) is 2. The van der Waals surface area contributed by atoms with E-state index in [0.29, 0.717) is 26.0 Å². The summed E-state index contributed by atoms with van der Waals surface area (Å²) in [6, 6.07) is 0. The van der Waals surface area contributed by atoms with E-state index < -0.39 is 0 Å². The van der Waals surface area contributed by atoms with E-state index in [4.69, 9.17) is 9.47 Å². The fourth-order valence-electron chi connectivity index (χ4n) is 3.86. The quantitative estimate of drug-likeness (QED) is 0.309. The Labute approximate surface area is 188 Å². The highest BCUT2D eigenvalue weighted by Gasteiger charge is 2.26. The van der Waals surface area contributed by atoms with E-state index in [1.54, 1.807) is 6.92 Å². The Morgan fingerprint density at radius 1 is 1.26 bits per heavy atom. The summed E-state index contributed by atoms with van der Waals surface area (Å²) in [5, 5.41) is 12.5. The molecule has 3 heterocycles. The molecule has 3 rings (SSSR count). The Bertz CT molecular complexity index is 715. The number of rotatable bonds is 11. The van der Waals surface area contributed by atoms with Crippen LogP contribution in [-0.2, 0) is 25.6 Å². The average Bonchev–Trinajstić information content (AvgIpc) is 3.41. The van der Waals surface area contributed by atoms with Crippen LogP contribution in [0.25, 0.3) is 0 Å². The molecule has 2 saturated heterocycles. The van der Waals surface area contributed by atoms with Crippen molar-refractivity contribution in [3.63, 3.8) is 0 Å². The minimum atomic E-state index is -0.229. The van der Waals surface area contributed by atoms with Crippen LogP contribution in [-0.4, -0.2) is 71.3 Å². The van der Waals surface area contributed by atoms with Gasteiger partial charge in [0.15, 0.2) is 5.16 Å². The second kappa shape index (κ2) is 12.3. The minimum Gasteiger partial charge on any atom is -0.466 e. The maximum Gasteiger partial charge on any atom is 0.305 e. The highest BCUT2D eigenvalue weighted by atomic mass is 32.2. The van der Waals surface area contributed by atoms with Gasteiger partial charge in [0.05, 0.1) is 25.0 Å². The van der Waals surface area contributed by atoms with Gasteiger partial charge in [0.1, 0.15) is 0 Å². The monoisotopic (exact) mass is 453 g/mol. The number of piperidine rings is 1. The highest BCUT2D eigenvalue weighted by Crippen LogP contribution is 2.27. The van der Waals surface area contributed by atoms with Crippen LogP contribution in [0, 0.1) is 5.92 Å². The molecule has 1 amide bonds. The summed E-state index contributed by atoms with van der Waals surface area (Å²) >= 11 is 1.40. The number of anilines is 1. The normalized spacial score (nSPS) is 19.5. The Balaban J connectivity index is 1.53. The van der Waals surface area contributed by atoms with Crippen LogP contribution >= 0.6 is 11.8 Å². The molecule has 1 aromatic heterocycles. The Morgan fingerprint density at radius 3 is 2.77 bits per heavy atom. The highest BCUT2D eigenvalue weighted by molar-refractivity contribution is 7.99. The van der Waals surface area contributed by atoms with Gasteiger partial charge in [-0.15, -0.1) is 10.2 Å². The standard InChI is InChI=1S/C21H35N5O4S/c1-3-29-19(28)7-4-10-22-18(27)15-31-21-24-23-20(25-11-8-16(2)9-12-25)26(21)14-17-6-5-13-30-17/h16-17H,3-15H2,1-2H3,(H,22,27). The van der Waals surface area contributed by atoms with E-state index in [9.17, 15) is 9.59 Å². The zero-order valence-electron chi connectivity index (χ0n) is 18.7. The van der Waals surface area contributed by atoms with Crippen LogP contribution in [0.5, 0.6) is 0 Å². The smallest absolute Gasteiger partial charge is 0.305 e. The first-order chi connectivity index (χ1) is 15.1. The van der Waals surface area contributed by atoms with Crippen molar-refractivity contribution in [2.24, 2.45) is 5.92 Å². The number of nitrogens with zero attached hydrogens (tertiary/aromatic N) is 4. The fraction of sp³-hybridized carbons (Fsp3) is 0.810. The Morgan fingerprint density at radius 2 is 2.06 bits per heavy atom. The van der Waals surface area contributed by atoms with E-state index >= 15 is 0 Å². The van der Waals surface area contributed by atoms with Crippen molar-refractivity contribution >= 4 is 29.6 Å². The summed E-state index contributed by atoms with van der Waals surface area (Å²) in [5.41, 5.74) is 0. The number of esters is 1. The number of hydrogen-bond donors (Lipinski definition) is 1. The largest absolute Gasteiger partial charge is 0.466 e. The van der Waals surface area contributed by atoms with Crippen LogP contribution in [0.2, 0.25) is 0 Å². The van der Waals surface area contributed by atoms with Gasteiger partial charge in [-0.2, -0.15) is 0 Å². The molecule has 1 aromatic rings. The lowest BCUT2D eigenvalue weighted by molar-refractivity contribution is -0.143. The van der Waals surface area contributed by atoms with Gasteiger partial charge in [-0.05, 0) is 44.9 Å². The van der Waals surface area contributed by atoms with E-state index in [1.165, 1.54) is 11.8 Å². The first-order valence-corrected chi connectivity index (χ1v) is 12.4. The number of carbonyl (C=O) groups is 2. The Hall–Kier alpha value is -1.81. The molecule has 0 spiro atoms. The van der Waals surface area contributed by atoms with E-state index in [0.717, 1.165) is 68.9 Å². The molecule has 10 heteroatoms. The summed E-state index contributed by atoms with van der Waals surface area (Å²) in [6.45, 7) is 8.41. The lowest BCUT2D eigenvalue weighted by Crippen LogP contribution is -2.35. The molecule has 1 atom stereocenters. The van der Waals surface area contributed by atoms with E-state index in [1.807, 2.05) is 0 Å². The summed E-state index contributed by atoms with van der Waals surface area (Å²) in [5.74, 6) is 1.59. The molecule has 1 unspecified atom stereocenters. The predicted octanol–water partition coefficient (Wildman–Crippen LogP) is 2.24. The topological polar surface area (TPSA) is 98.6 Å². The zero-order valence-corrected chi connectivity index (χ0v) is 19.5. The molecule has 174 valence electrons. The third-order valence-electron chi connectivity index (χ3n) is 5.69. The molecule has 2 aliphatic rings. The van der Waals surface area contributed by atoms with Crippen LogP contribution < -0.4 is 10.2 Å². The minimum absolute atomic E-state index is 0.0751. The van der Waals surface area contributed by atoms with Gasteiger partial charge < -0.3 is 19.7 Å². The number of amides is 1. The molecule has 0 aromatic carbocycles. The summed E-state index contributed by atoms with van der Waals surface area (Å²) in [4.78, 5) is 25.9. The van der Waals surface area contributed by atoms with Crippen LogP contribution in [0.15, 0.2) is 5.16 Å². The number of aromatic nitrogens is 3. The summed E-state index contributed by atoms with van der Waals surface area (Å²) in [7, 11) is 0. The molecule has 9 nitrogen and oxygen atoms in total. The van der Waals surface area contributed by atoms with Crippen LogP contribution in [0.3, 0.4) is 0 Å². The molecule has 0 saturated carbocycles. The molecular formula is C21H35N5O4S. The van der Waals surface area contributed by atoms with Gasteiger partial charge in [0, 0.05) is 32.7 Å². The fourth-order valence-corrected chi connectivity index (χ4v) is 4.63. The molecule has 2 aliphatic heterocycles. The molecule has 31 heavy (non-hydrogen) atoms. The number of hydrogen-bond acceptors (Lipinski definition) is 8. The van der Waals surface area contributed by atoms with Crippen molar-refractivity contribution in [1.29, 1.82) is 0 Å². The third-order valence-corrected chi connectivity index (χ3v) is 6.66. The van der Waals surface area contributed by atoms with Crippen LogP contribution in [0.1, 0.15) is 52.4 Å². The molecule has 0 aliphatic carbocycles. The maximum atomic E-state index is 12.2. The molecule has 0 radical (unpaired) electrons. The summed E-state index contributed by atoms with van der Waals surface area (Å²) in [6.07, 6.45) is 5.50. The van der Waals surface area contributed by atoms with Gasteiger partial charge >= 0.3 is 5.97 Å². The van der Waals surface area contributed by atoms with Crippen molar-refractivity contribution < 1.29 is 19.1 Å². The lowest BCUT2D eigenvalue weighted by atomic mass is 10.00.